The predicted octanol–water partition coefficient (Wildman–Crippen LogP) is 6.40. The summed E-state index contributed by atoms with van der Waals surface area (Å²) in [6.07, 6.45) is 13.9. The Morgan fingerprint density at radius 3 is 2.05 bits per heavy atom. The molecule has 2 fully saturated rings. The van der Waals surface area contributed by atoms with E-state index in [0.717, 1.165) is 47.9 Å². The highest BCUT2D eigenvalue weighted by Crippen LogP contribution is 2.51. The zero-order chi connectivity index (χ0) is 41.6. The largest absolute Gasteiger partial charge is 0.470 e. The van der Waals surface area contributed by atoms with E-state index in [-0.39, 0.29) is 24.2 Å². The van der Waals surface area contributed by atoms with E-state index in [1.54, 1.807) is 0 Å². The van der Waals surface area contributed by atoms with Gasteiger partial charge in [0.2, 0.25) is 0 Å². The van der Waals surface area contributed by atoms with Gasteiger partial charge in [0.15, 0.2) is 11.6 Å². The van der Waals surface area contributed by atoms with Crippen LogP contribution in [0.3, 0.4) is 0 Å². The van der Waals surface area contributed by atoms with Gasteiger partial charge in [0.25, 0.3) is 5.56 Å². The number of phosphoric ester groups is 1. The minimum absolute atomic E-state index is 0.154. The Balaban J connectivity index is 1.31. The molecule has 2 aromatic rings. The molecule has 0 radical (unpaired) electrons. The Morgan fingerprint density at radius 2 is 1.49 bits per heavy atom. The Hall–Kier alpha value is -3.41. The molecule has 5 N–H and O–H groups in total. The number of phosphoric acid groups is 1. The fourth-order valence-corrected chi connectivity index (χ4v) is 8.56. The fraction of sp³-hybridized carbons (Fsp3) is 0.784. The minimum Gasteiger partial charge on any atom is -0.390 e. The van der Waals surface area contributed by atoms with Gasteiger partial charge in [0.05, 0.1) is 18.3 Å². The summed E-state index contributed by atoms with van der Waals surface area (Å²) < 4.78 is 46.7. The number of ether oxygens (including phenoxy) is 2. The number of aromatic amines is 1. The maximum absolute atomic E-state index is 15.3. The normalized spacial score (nSPS) is 23.4. The van der Waals surface area contributed by atoms with Gasteiger partial charge in [0.1, 0.15) is 30.3 Å². The second-order valence-corrected chi connectivity index (χ2v) is 16.6. The van der Waals surface area contributed by atoms with E-state index in [4.69, 9.17) is 14.0 Å². The first kappa shape index (κ1) is 46.3. The van der Waals surface area contributed by atoms with Crippen molar-refractivity contribution in [3.63, 3.8) is 0 Å². The van der Waals surface area contributed by atoms with E-state index in [1.165, 1.54) is 90.2 Å². The van der Waals surface area contributed by atoms with E-state index < -0.39 is 73.0 Å². The zero-order valence-electron chi connectivity index (χ0n) is 33.3. The van der Waals surface area contributed by atoms with Crippen LogP contribution in [0.4, 0.5) is 10.2 Å². The Kier molecular flexibility index (Phi) is 17.9. The molecule has 0 amide bonds. The van der Waals surface area contributed by atoms with Gasteiger partial charge in [0, 0.05) is 36.1 Å². The molecule has 2 aliphatic heterocycles. The van der Waals surface area contributed by atoms with Crippen molar-refractivity contribution in [1.82, 2.24) is 19.1 Å². The van der Waals surface area contributed by atoms with E-state index in [2.05, 4.69) is 32.2 Å². The molecule has 7 atom stereocenters. The number of halogens is 1. The third kappa shape index (κ3) is 13.3. The number of anilines is 1. The van der Waals surface area contributed by atoms with Crippen molar-refractivity contribution in [2.24, 2.45) is 5.11 Å². The van der Waals surface area contributed by atoms with Crippen molar-refractivity contribution >= 4 is 13.6 Å². The van der Waals surface area contributed by atoms with Gasteiger partial charge >= 0.3 is 19.2 Å². The van der Waals surface area contributed by atoms with Crippen molar-refractivity contribution in [1.29, 1.82) is 0 Å². The highest BCUT2D eigenvalue weighted by molar-refractivity contribution is 7.46. The molecule has 2 aromatic heterocycles. The second-order valence-electron chi connectivity index (χ2n) is 15.4. The summed E-state index contributed by atoms with van der Waals surface area (Å²) in [4.78, 5) is 66.4. The van der Waals surface area contributed by atoms with Crippen LogP contribution >= 0.6 is 7.82 Å². The number of H-pyrrole nitrogens is 1. The van der Waals surface area contributed by atoms with Crippen LogP contribution in [0.25, 0.3) is 10.4 Å². The summed E-state index contributed by atoms with van der Waals surface area (Å²) in [5.41, 5.74) is 4.79. The first-order valence-corrected chi connectivity index (χ1v) is 21.9. The van der Waals surface area contributed by atoms with E-state index >= 15 is 4.39 Å². The van der Waals surface area contributed by atoms with Crippen molar-refractivity contribution in [2.45, 2.75) is 179 Å². The molecule has 2 aliphatic rings. The summed E-state index contributed by atoms with van der Waals surface area (Å²) >= 11 is 0. The molecular weight excluding hydrogens is 766 g/mol. The summed E-state index contributed by atoms with van der Waals surface area (Å²) in [6, 6.07) is -1.23. The predicted molar refractivity (Wildman–Crippen MR) is 210 cm³/mol. The van der Waals surface area contributed by atoms with Gasteiger partial charge in [-0.25, -0.2) is 18.5 Å². The molecule has 0 aromatic carbocycles. The summed E-state index contributed by atoms with van der Waals surface area (Å²) in [5, 5.41) is 17.8. The minimum atomic E-state index is -5.40. The van der Waals surface area contributed by atoms with Gasteiger partial charge in [-0.15, -0.1) is 0 Å². The lowest BCUT2D eigenvalue weighted by atomic mass is 9.85. The number of aliphatic hydroxyl groups excluding tert-OH is 1. The number of aromatic nitrogens is 4. The first-order chi connectivity index (χ1) is 27.2. The number of unbranched alkanes of at least 4 members (excludes halogenated alkanes) is 15. The van der Waals surface area contributed by atoms with Crippen LogP contribution in [0.15, 0.2) is 31.9 Å². The van der Waals surface area contributed by atoms with Crippen LogP contribution in [0, 0.1) is 12.7 Å². The quantitative estimate of drug-likeness (QED) is 0.0240. The molecule has 2 saturated heterocycles. The average molecular weight is 827 g/mol. The molecule has 0 saturated carbocycles. The van der Waals surface area contributed by atoms with Gasteiger partial charge < -0.3 is 29.7 Å². The molecule has 4 rings (SSSR count). The van der Waals surface area contributed by atoms with Gasteiger partial charge in [-0.3, -0.25) is 23.4 Å². The number of azide groups is 1. The number of aryl methyl sites for hydroxylation is 1. The standard InChI is InChI=1S/C37H60FN8O10P/c1-4-5-6-7-8-9-10-11-12-13-14-15-16-17-18-19-20-40-33-26(38)24-46(35(49)41-33)30-22-28(47)32(55-30)37(3,56-57(51,52)53)31-27(43-44-39)21-29(54-31)45-23-25(2)34(48)42-36(45)50/h23-24,27-32,47H,4-22H2,1-3H3,(H,40,41,49)(H,42,48,50)(H2,51,52,53). The van der Waals surface area contributed by atoms with Crippen LogP contribution in [0.5, 0.6) is 0 Å². The lowest BCUT2D eigenvalue weighted by molar-refractivity contribution is -0.187. The lowest BCUT2D eigenvalue weighted by Gasteiger charge is -2.41. The van der Waals surface area contributed by atoms with Crippen molar-refractivity contribution < 1.29 is 37.8 Å². The lowest BCUT2D eigenvalue weighted by Crippen LogP contribution is -2.57. The maximum Gasteiger partial charge on any atom is 0.470 e. The van der Waals surface area contributed by atoms with Crippen LogP contribution in [-0.4, -0.2) is 70.5 Å². The Labute approximate surface area is 331 Å². The number of nitrogens with one attached hydrogen (secondary N) is 2. The van der Waals surface area contributed by atoms with Crippen molar-refractivity contribution in [3.05, 3.63) is 65.5 Å². The van der Waals surface area contributed by atoms with Gasteiger partial charge in [-0.2, -0.15) is 4.98 Å². The Bertz CT molecular complexity index is 1870. The van der Waals surface area contributed by atoms with Gasteiger partial charge in [-0.1, -0.05) is 108 Å². The zero-order valence-corrected chi connectivity index (χ0v) is 34.2. The van der Waals surface area contributed by atoms with E-state index in [9.17, 15) is 39.4 Å². The second kappa shape index (κ2) is 22.1. The number of nitrogens with zero attached hydrogens (tertiary/aromatic N) is 6. The molecule has 7 unspecified atom stereocenters. The van der Waals surface area contributed by atoms with E-state index in [0.29, 0.717) is 6.54 Å². The first-order valence-electron chi connectivity index (χ1n) is 20.3. The summed E-state index contributed by atoms with van der Waals surface area (Å²) in [5.74, 6) is -1.09. The number of hydrogen-bond donors (Lipinski definition) is 5. The molecular formula is C37H60FN8O10P. The number of hydrogen-bond acceptors (Lipinski definition) is 11. The van der Waals surface area contributed by atoms with Crippen LogP contribution in [0.2, 0.25) is 0 Å². The molecule has 18 nitrogen and oxygen atoms in total. The smallest absolute Gasteiger partial charge is 0.390 e. The summed E-state index contributed by atoms with van der Waals surface area (Å²) in [7, 11) is -5.40. The molecule has 0 spiro atoms. The third-order valence-electron chi connectivity index (χ3n) is 10.8. The van der Waals surface area contributed by atoms with E-state index in [1.807, 2.05) is 0 Å². The number of rotatable bonds is 25. The molecule has 320 valence electrons. The van der Waals surface area contributed by atoms with Crippen molar-refractivity contribution in [3.8, 4) is 0 Å². The molecule has 57 heavy (non-hydrogen) atoms. The average Bonchev–Trinajstić information content (AvgIpc) is 3.76. The van der Waals surface area contributed by atoms with Crippen LogP contribution in [-0.2, 0) is 18.6 Å². The monoisotopic (exact) mass is 826 g/mol. The molecule has 0 aliphatic carbocycles. The fourth-order valence-electron chi connectivity index (χ4n) is 7.84. The molecule has 0 bridgehead atoms. The highest BCUT2D eigenvalue weighted by Gasteiger charge is 2.59. The third-order valence-corrected chi connectivity index (χ3v) is 11.5. The van der Waals surface area contributed by atoms with Crippen LogP contribution in [0.1, 0.15) is 147 Å². The molecule has 4 heterocycles. The summed E-state index contributed by atoms with van der Waals surface area (Å²) in [6.45, 7) is 5.25. The highest BCUT2D eigenvalue weighted by atomic mass is 31.2. The number of aliphatic hydroxyl groups is 1. The maximum atomic E-state index is 15.3. The van der Waals surface area contributed by atoms with Crippen molar-refractivity contribution in [2.75, 3.05) is 11.9 Å². The Morgan fingerprint density at radius 1 is 0.947 bits per heavy atom. The topological polar surface area (TPSA) is 256 Å². The van der Waals surface area contributed by atoms with Crippen LogP contribution < -0.4 is 22.3 Å². The SMILES string of the molecule is CCCCCCCCCCCCCCCCCCNc1nc(=O)n(C2CC(O)C(C(C)(OP(=O)(O)O)C3OC(n4cc(C)c(=O)[nH]c4=O)CC3N=[N+]=[N-])O2)cc1F. The molecule has 20 heteroatoms. The van der Waals surface area contributed by atoms with Gasteiger partial charge in [-0.05, 0) is 25.8 Å².